The van der Waals surface area contributed by atoms with Gasteiger partial charge in [0.15, 0.2) is 6.61 Å². The molecule has 2 heterocycles. The molecular formula is C21H28N4O2. The van der Waals surface area contributed by atoms with E-state index in [1.165, 1.54) is 0 Å². The Kier molecular flexibility index (Phi) is 6.29. The van der Waals surface area contributed by atoms with Crippen molar-refractivity contribution >= 4 is 11.7 Å². The molecule has 0 spiro atoms. The second-order valence-corrected chi connectivity index (χ2v) is 7.15. The first-order valence-corrected chi connectivity index (χ1v) is 9.36. The van der Waals surface area contributed by atoms with Gasteiger partial charge in [-0.2, -0.15) is 0 Å². The van der Waals surface area contributed by atoms with E-state index in [0.717, 1.165) is 54.4 Å². The molecule has 3 rings (SSSR count). The molecule has 1 N–H and O–H groups in total. The first kappa shape index (κ1) is 19.2. The number of hydrogen-bond acceptors (Lipinski definition) is 5. The highest BCUT2D eigenvalue weighted by atomic mass is 16.5. The molecular weight excluding hydrogens is 340 g/mol. The lowest BCUT2D eigenvalue weighted by Crippen LogP contribution is -2.44. The summed E-state index contributed by atoms with van der Waals surface area (Å²) in [5, 5.41) is 2.88. The van der Waals surface area contributed by atoms with Gasteiger partial charge in [0.2, 0.25) is 0 Å². The summed E-state index contributed by atoms with van der Waals surface area (Å²) in [6.07, 6.45) is 1.83. The number of nitrogens with zero attached hydrogens (tertiary/aromatic N) is 3. The van der Waals surface area contributed by atoms with Crippen molar-refractivity contribution < 1.29 is 9.53 Å². The van der Waals surface area contributed by atoms with Crippen LogP contribution in [0.4, 0.5) is 5.82 Å². The second kappa shape index (κ2) is 8.86. The van der Waals surface area contributed by atoms with E-state index in [2.05, 4.69) is 27.1 Å². The van der Waals surface area contributed by atoms with E-state index in [-0.39, 0.29) is 12.5 Å². The van der Waals surface area contributed by atoms with Gasteiger partial charge < -0.3 is 19.9 Å². The van der Waals surface area contributed by atoms with Gasteiger partial charge in [0, 0.05) is 38.9 Å². The summed E-state index contributed by atoms with van der Waals surface area (Å²) >= 11 is 0. The summed E-state index contributed by atoms with van der Waals surface area (Å²) in [4.78, 5) is 21.2. The Labute approximate surface area is 161 Å². The molecule has 1 aromatic heterocycles. The van der Waals surface area contributed by atoms with Gasteiger partial charge in [0.1, 0.15) is 11.6 Å². The summed E-state index contributed by atoms with van der Waals surface area (Å²) in [6, 6.07) is 10.0. The molecule has 0 unspecified atom stereocenters. The Bertz CT molecular complexity index is 768. The molecule has 0 radical (unpaired) electrons. The van der Waals surface area contributed by atoms with Crippen LogP contribution in [-0.4, -0.2) is 55.6 Å². The highest BCUT2D eigenvalue weighted by Gasteiger charge is 2.15. The molecule has 144 valence electrons. The number of nitrogens with one attached hydrogen (secondary N) is 1. The van der Waals surface area contributed by atoms with E-state index >= 15 is 0 Å². The Morgan fingerprint density at radius 3 is 2.63 bits per heavy atom. The zero-order valence-electron chi connectivity index (χ0n) is 16.4. The predicted octanol–water partition coefficient (Wildman–Crippen LogP) is 2.15. The van der Waals surface area contributed by atoms with Crippen LogP contribution in [0.1, 0.15) is 16.7 Å². The predicted molar refractivity (Wildman–Crippen MR) is 107 cm³/mol. The number of anilines is 1. The second-order valence-electron chi connectivity index (χ2n) is 7.15. The average Bonchev–Trinajstić information content (AvgIpc) is 2.68. The first-order valence-electron chi connectivity index (χ1n) is 9.36. The third kappa shape index (κ3) is 5.44. The average molecular weight is 368 g/mol. The zero-order chi connectivity index (χ0) is 19.2. The van der Waals surface area contributed by atoms with Crippen LogP contribution >= 0.6 is 0 Å². The fraction of sp³-hybridized carbons (Fsp3) is 0.429. The number of carbonyl (C=O) groups is 1. The van der Waals surface area contributed by atoms with Crippen molar-refractivity contribution in [1.82, 2.24) is 15.2 Å². The van der Waals surface area contributed by atoms with Crippen LogP contribution in [0.3, 0.4) is 0 Å². The van der Waals surface area contributed by atoms with Crippen LogP contribution in [0.15, 0.2) is 36.5 Å². The van der Waals surface area contributed by atoms with Crippen LogP contribution in [0.2, 0.25) is 0 Å². The molecule has 1 aliphatic rings. The highest BCUT2D eigenvalue weighted by Crippen LogP contribution is 2.19. The van der Waals surface area contributed by atoms with Gasteiger partial charge in [-0.25, -0.2) is 4.98 Å². The van der Waals surface area contributed by atoms with E-state index < -0.39 is 0 Å². The number of aromatic nitrogens is 1. The van der Waals surface area contributed by atoms with Crippen molar-refractivity contribution in [3.8, 4) is 5.75 Å². The molecule has 1 fully saturated rings. The van der Waals surface area contributed by atoms with E-state index in [0.29, 0.717) is 6.54 Å². The van der Waals surface area contributed by atoms with Gasteiger partial charge in [0.05, 0.1) is 0 Å². The van der Waals surface area contributed by atoms with Crippen LogP contribution in [0, 0.1) is 13.8 Å². The van der Waals surface area contributed by atoms with E-state index in [4.69, 9.17) is 4.74 Å². The summed E-state index contributed by atoms with van der Waals surface area (Å²) < 4.78 is 5.64. The number of hydrogen-bond donors (Lipinski definition) is 1. The Morgan fingerprint density at radius 2 is 1.93 bits per heavy atom. The third-order valence-electron chi connectivity index (χ3n) is 4.83. The maximum atomic E-state index is 12.1. The third-order valence-corrected chi connectivity index (χ3v) is 4.83. The Hall–Kier alpha value is -2.60. The van der Waals surface area contributed by atoms with Crippen LogP contribution in [0.5, 0.6) is 5.75 Å². The van der Waals surface area contributed by atoms with E-state index in [9.17, 15) is 4.79 Å². The van der Waals surface area contributed by atoms with Gasteiger partial charge >= 0.3 is 0 Å². The lowest BCUT2D eigenvalue weighted by molar-refractivity contribution is -0.123. The Morgan fingerprint density at radius 1 is 1.15 bits per heavy atom. The largest absolute Gasteiger partial charge is 0.483 e. The number of carbonyl (C=O) groups excluding carboxylic acids is 1. The first-order chi connectivity index (χ1) is 13.0. The lowest BCUT2D eigenvalue weighted by atomic mass is 10.1. The number of aryl methyl sites for hydroxylation is 2. The normalized spacial score (nSPS) is 14.9. The number of rotatable bonds is 6. The van der Waals surface area contributed by atoms with Gasteiger partial charge in [0.25, 0.3) is 5.91 Å². The molecule has 1 saturated heterocycles. The van der Waals surface area contributed by atoms with Crippen molar-refractivity contribution in [2.75, 3.05) is 44.7 Å². The van der Waals surface area contributed by atoms with Gasteiger partial charge in [-0.05, 0) is 49.7 Å². The van der Waals surface area contributed by atoms with Gasteiger partial charge in [-0.3, -0.25) is 4.79 Å². The van der Waals surface area contributed by atoms with Crippen LogP contribution in [-0.2, 0) is 11.3 Å². The highest BCUT2D eigenvalue weighted by molar-refractivity contribution is 5.77. The molecule has 1 amide bonds. The smallest absolute Gasteiger partial charge is 0.258 e. The number of benzene rings is 1. The van der Waals surface area contributed by atoms with Crippen molar-refractivity contribution in [2.24, 2.45) is 0 Å². The standard InChI is InChI=1S/C21H28N4O2/c1-16-4-5-17(2)19(12-16)27-15-21(26)23-14-18-6-7-20(22-13-18)25-10-8-24(3)9-11-25/h4-7,12-13H,8-11,14-15H2,1-3H3,(H,23,26). The Balaban J connectivity index is 1.45. The minimum atomic E-state index is -0.140. The monoisotopic (exact) mass is 368 g/mol. The number of ether oxygens (including phenoxy) is 1. The van der Waals surface area contributed by atoms with Crippen LogP contribution < -0.4 is 15.0 Å². The molecule has 6 heteroatoms. The number of likely N-dealkylation sites (N-methyl/N-ethyl adjacent to an activating group) is 1. The van der Waals surface area contributed by atoms with Crippen LogP contribution in [0.25, 0.3) is 0 Å². The number of amides is 1. The zero-order valence-corrected chi connectivity index (χ0v) is 16.4. The minimum Gasteiger partial charge on any atom is -0.483 e. The lowest BCUT2D eigenvalue weighted by Gasteiger charge is -2.33. The maximum absolute atomic E-state index is 12.1. The molecule has 0 bridgehead atoms. The molecule has 2 aromatic rings. The fourth-order valence-corrected chi connectivity index (χ4v) is 3.00. The van der Waals surface area contributed by atoms with Crippen molar-refractivity contribution in [2.45, 2.75) is 20.4 Å². The summed E-state index contributed by atoms with van der Waals surface area (Å²) in [6.45, 7) is 8.54. The quantitative estimate of drug-likeness (QED) is 0.847. The molecule has 6 nitrogen and oxygen atoms in total. The summed E-state index contributed by atoms with van der Waals surface area (Å²) in [5.41, 5.74) is 3.12. The molecule has 1 aliphatic heterocycles. The van der Waals surface area contributed by atoms with Crippen molar-refractivity contribution in [3.63, 3.8) is 0 Å². The maximum Gasteiger partial charge on any atom is 0.258 e. The summed E-state index contributed by atoms with van der Waals surface area (Å²) in [7, 11) is 2.14. The number of pyridine rings is 1. The minimum absolute atomic E-state index is 0.0110. The van der Waals surface area contributed by atoms with E-state index in [1.54, 1.807) is 0 Å². The molecule has 0 saturated carbocycles. The SMILES string of the molecule is Cc1ccc(C)c(OCC(=O)NCc2ccc(N3CCN(C)CC3)nc2)c1. The van der Waals surface area contributed by atoms with Crippen molar-refractivity contribution in [3.05, 3.63) is 53.2 Å². The van der Waals surface area contributed by atoms with Gasteiger partial charge in [-0.1, -0.05) is 18.2 Å². The topological polar surface area (TPSA) is 57.7 Å². The van der Waals surface area contributed by atoms with Crippen molar-refractivity contribution in [1.29, 1.82) is 0 Å². The molecule has 0 aliphatic carbocycles. The summed E-state index contributed by atoms with van der Waals surface area (Å²) in [5.74, 6) is 1.61. The molecule has 1 aromatic carbocycles. The van der Waals surface area contributed by atoms with Gasteiger partial charge in [-0.15, -0.1) is 0 Å². The molecule has 0 atom stereocenters. The number of piperazine rings is 1. The van der Waals surface area contributed by atoms with E-state index in [1.807, 2.05) is 50.4 Å². The fourth-order valence-electron chi connectivity index (χ4n) is 3.00. The molecule has 27 heavy (non-hydrogen) atoms.